The second-order valence-electron chi connectivity index (χ2n) is 2.55. The number of hydrogen-bond donors (Lipinski definition) is 0. The molecule has 0 atom stereocenters. The van der Waals surface area contributed by atoms with Crippen LogP contribution in [-0.2, 0) is 5.11 Å². The summed E-state index contributed by atoms with van der Waals surface area (Å²) >= 11 is 0. The summed E-state index contributed by atoms with van der Waals surface area (Å²) in [6, 6.07) is 5.22. The van der Waals surface area contributed by atoms with Gasteiger partial charge in [-0.15, -0.1) is 0 Å². The fraction of sp³-hybridized carbons (Fsp3) is 0.222. The molecule has 0 N–H and O–H groups in total. The van der Waals surface area contributed by atoms with Crippen LogP contribution in [0.5, 0.6) is 5.75 Å². The SMILES string of the molecule is Cc1cccc(OC([O])=O)c1C. The van der Waals surface area contributed by atoms with Gasteiger partial charge in [0.25, 0.3) is 0 Å². The zero-order chi connectivity index (χ0) is 9.14. The second kappa shape index (κ2) is 3.26. The van der Waals surface area contributed by atoms with Crippen LogP contribution in [0.15, 0.2) is 18.2 Å². The zero-order valence-electron chi connectivity index (χ0n) is 6.96. The first kappa shape index (κ1) is 8.59. The first-order valence-corrected chi connectivity index (χ1v) is 3.56. The molecule has 1 radical (unpaired) electrons. The van der Waals surface area contributed by atoms with E-state index in [0.29, 0.717) is 5.75 Å². The first-order valence-electron chi connectivity index (χ1n) is 3.56. The maximum absolute atomic E-state index is 10.1. The molecule has 0 heterocycles. The van der Waals surface area contributed by atoms with Gasteiger partial charge in [0.15, 0.2) is 0 Å². The van der Waals surface area contributed by atoms with E-state index in [1.54, 1.807) is 19.1 Å². The molecule has 12 heavy (non-hydrogen) atoms. The van der Waals surface area contributed by atoms with E-state index in [-0.39, 0.29) is 0 Å². The molecule has 63 valence electrons. The quantitative estimate of drug-likeness (QED) is 0.473. The van der Waals surface area contributed by atoms with E-state index in [0.717, 1.165) is 11.1 Å². The Labute approximate surface area is 70.6 Å². The van der Waals surface area contributed by atoms with E-state index in [4.69, 9.17) is 0 Å². The molecule has 0 unspecified atom stereocenters. The zero-order valence-corrected chi connectivity index (χ0v) is 6.96. The molecule has 0 aliphatic rings. The van der Waals surface area contributed by atoms with Crippen LogP contribution in [0.2, 0.25) is 0 Å². The minimum atomic E-state index is -1.52. The van der Waals surface area contributed by atoms with Gasteiger partial charge in [0.1, 0.15) is 5.75 Å². The van der Waals surface area contributed by atoms with E-state index in [9.17, 15) is 9.90 Å². The standard InChI is InChI=1S/C9H9O3/c1-6-4-3-5-8(7(6)2)12-9(10)11/h3-5H,1-2H3. The van der Waals surface area contributed by atoms with Crippen LogP contribution in [0.1, 0.15) is 11.1 Å². The van der Waals surface area contributed by atoms with Crippen LogP contribution in [-0.4, -0.2) is 6.16 Å². The maximum atomic E-state index is 10.1. The van der Waals surface area contributed by atoms with E-state index in [2.05, 4.69) is 4.74 Å². The van der Waals surface area contributed by atoms with Crippen LogP contribution >= 0.6 is 0 Å². The Kier molecular flexibility index (Phi) is 2.33. The summed E-state index contributed by atoms with van der Waals surface area (Å²) in [5.41, 5.74) is 1.82. The Morgan fingerprint density at radius 1 is 1.33 bits per heavy atom. The molecule has 0 aliphatic heterocycles. The highest BCUT2D eigenvalue weighted by Gasteiger charge is 2.06. The molecule has 0 fully saturated rings. The fourth-order valence-corrected chi connectivity index (χ4v) is 0.925. The van der Waals surface area contributed by atoms with Gasteiger partial charge >= 0.3 is 6.16 Å². The van der Waals surface area contributed by atoms with E-state index < -0.39 is 6.16 Å². The Hall–Kier alpha value is -1.51. The third-order valence-corrected chi connectivity index (χ3v) is 1.75. The molecule has 1 rings (SSSR count). The van der Waals surface area contributed by atoms with E-state index >= 15 is 0 Å². The third kappa shape index (κ3) is 1.75. The molecule has 1 aromatic carbocycles. The summed E-state index contributed by atoms with van der Waals surface area (Å²) < 4.78 is 4.43. The van der Waals surface area contributed by atoms with Crippen LogP contribution in [0.4, 0.5) is 4.79 Å². The highest BCUT2D eigenvalue weighted by molar-refractivity contribution is 5.61. The molecule has 0 bridgehead atoms. The van der Waals surface area contributed by atoms with Crippen LogP contribution in [0.3, 0.4) is 0 Å². The molecule has 0 spiro atoms. The molecule has 0 saturated carbocycles. The van der Waals surface area contributed by atoms with Gasteiger partial charge in [-0.3, -0.25) is 0 Å². The number of rotatable bonds is 1. The van der Waals surface area contributed by atoms with Crippen LogP contribution < -0.4 is 4.74 Å². The van der Waals surface area contributed by atoms with Crippen molar-refractivity contribution in [2.24, 2.45) is 0 Å². The lowest BCUT2D eigenvalue weighted by Crippen LogP contribution is -2.02. The van der Waals surface area contributed by atoms with Gasteiger partial charge in [0.05, 0.1) is 0 Å². The summed E-state index contributed by atoms with van der Waals surface area (Å²) in [6.45, 7) is 3.69. The molecule has 0 aliphatic carbocycles. The van der Waals surface area contributed by atoms with Gasteiger partial charge < -0.3 is 4.74 Å². The summed E-state index contributed by atoms with van der Waals surface area (Å²) in [6.07, 6.45) is -1.52. The van der Waals surface area contributed by atoms with Crippen molar-refractivity contribution < 1.29 is 14.6 Å². The van der Waals surface area contributed by atoms with E-state index in [1.807, 2.05) is 13.0 Å². The van der Waals surface area contributed by atoms with Gasteiger partial charge in [-0.1, -0.05) is 12.1 Å². The van der Waals surface area contributed by atoms with Gasteiger partial charge in [-0.25, -0.2) is 0 Å². The Morgan fingerprint density at radius 2 is 2.00 bits per heavy atom. The van der Waals surface area contributed by atoms with Crippen molar-refractivity contribution in [1.29, 1.82) is 0 Å². The smallest absolute Gasteiger partial charge is 0.392 e. The monoisotopic (exact) mass is 165 g/mol. The highest BCUT2D eigenvalue weighted by atomic mass is 16.7. The number of ether oxygens (including phenoxy) is 1. The highest BCUT2D eigenvalue weighted by Crippen LogP contribution is 2.20. The Balaban J connectivity index is 3.00. The molecular weight excluding hydrogens is 156 g/mol. The molecule has 0 saturated heterocycles. The second-order valence-corrected chi connectivity index (χ2v) is 2.55. The lowest BCUT2D eigenvalue weighted by Gasteiger charge is -2.04. The first-order chi connectivity index (χ1) is 5.61. The number of hydrogen-bond acceptors (Lipinski definition) is 2. The lowest BCUT2D eigenvalue weighted by atomic mass is 10.1. The summed E-state index contributed by atoms with van der Waals surface area (Å²) in [4.78, 5) is 10.1. The minimum Gasteiger partial charge on any atom is -0.392 e. The Morgan fingerprint density at radius 3 is 2.58 bits per heavy atom. The number of benzene rings is 1. The molecular formula is C9H9O3. The molecule has 3 heteroatoms. The van der Waals surface area contributed by atoms with Gasteiger partial charge in [0, 0.05) is 0 Å². The van der Waals surface area contributed by atoms with E-state index in [1.165, 1.54) is 0 Å². The minimum absolute atomic E-state index is 0.343. The van der Waals surface area contributed by atoms with Gasteiger partial charge in [-0.05, 0) is 31.0 Å². The number of aryl methyl sites for hydroxylation is 1. The third-order valence-electron chi connectivity index (χ3n) is 1.75. The predicted molar refractivity (Wildman–Crippen MR) is 42.6 cm³/mol. The van der Waals surface area contributed by atoms with Crippen molar-refractivity contribution in [2.45, 2.75) is 13.8 Å². The van der Waals surface area contributed by atoms with Crippen molar-refractivity contribution in [1.82, 2.24) is 0 Å². The molecule has 3 nitrogen and oxygen atoms in total. The normalized spacial score (nSPS) is 9.50. The predicted octanol–water partition coefficient (Wildman–Crippen LogP) is 2.23. The molecule has 0 amide bonds. The topological polar surface area (TPSA) is 46.2 Å². The van der Waals surface area contributed by atoms with Crippen LogP contribution in [0, 0.1) is 13.8 Å². The van der Waals surface area contributed by atoms with Crippen molar-refractivity contribution >= 4 is 6.16 Å². The maximum Gasteiger partial charge on any atom is 0.555 e. The fourth-order valence-electron chi connectivity index (χ4n) is 0.925. The van der Waals surface area contributed by atoms with Gasteiger partial charge in [0.2, 0.25) is 0 Å². The lowest BCUT2D eigenvalue weighted by molar-refractivity contribution is 0.117. The van der Waals surface area contributed by atoms with Crippen molar-refractivity contribution in [3.05, 3.63) is 29.3 Å². The summed E-state index contributed by atoms with van der Waals surface area (Å²) in [7, 11) is 0. The summed E-state index contributed by atoms with van der Waals surface area (Å²) in [5.74, 6) is 0.343. The largest absolute Gasteiger partial charge is 0.555 e. The molecule has 1 aromatic rings. The average molecular weight is 165 g/mol. The average Bonchev–Trinajstić information content (AvgIpc) is 1.98. The number of carbonyl (C=O) groups is 1. The van der Waals surface area contributed by atoms with Gasteiger partial charge in [-0.2, -0.15) is 9.90 Å². The Bertz CT molecular complexity index is 305. The number of carbonyl (C=O) groups excluding carboxylic acids is 1. The van der Waals surface area contributed by atoms with Crippen molar-refractivity contribution in [3.8, 4) is 5.75 Å². The molecule has 0 aromatic heterocycles. The summed E-state index contributed by atoms with van der Waals surface area (Å²) in [5, 5.41) is 10.1. The van der Waals surface area contributed by atoms with Crippen LogP contribution in [0.25, 0.3) is 0 Å². The van der Waals surface area contributed by atoms with Crippen molar-refractivity contribution in [2.75, 3.05) is 0 Å². The van der Waals surface area contributed by atoms with Crippen molar-refractivity contribution in [3.63, 3.8) is 0 Å².